The van der Waals surface area contributed by atoms with Gasteiger partial charge in [-0.1, -0.05) is 49.6 Å². The van der Waals surface area contributed by atoms with E-state index in [-0.39, 0.29) is 17.7 Å². The van der Waals surface area contributed by atoms with Gasteiger partial charge in [0.1, 0.15) is 6.61 Å². The zero-order valence-electron chi connectivity index (χ0n) is 15.0. The first kappa shape index (κ1) is 17.5. The van der Waals surface area contributed by atoms with Gasteiger partial charge >= 0.3 is 0 Å². The minimum atomic E-state index is -0.0936. The Morgan fingerprint density at radius 2 is 1.96 bits per heavy atom. The molecule has 0 atom stereocenters. The molecule has 0 radical (unpaired) electrons. The van der Waals surface area contributed by atoms with Gasteiger partial charge in [0.25, 0.3) is 11.8 Å². The van der Waals surface area contributed by atoms with Crippen LogP contribution in [0.4, 0.5) is 0 Å². The molecule has 1 amide bonds. The van der Waals surface area contributed by atoms with Crippen molar-refractivity contribution in [3.8, 4) is 5.88 Å². The molecule has 1 aromatic carbocycles. The van der Waals surface area contributed by atoms with Crippen LogP contribution in [0.1, 0.15) is 62.1 Å². The van der Waals surface area contributed by atoms with Crippen molar-refractivity contribution in [2.45, 2.75) is 64.6 Å². The average Bonchev–Trinajstić information content (AvgIpc) is 3.11. The molecule has 1 aliphatic rings. The summed E-state index contributed by atoms with van der Waals surface area (Å²) in [5.41, 5.74) is 1.05. The van der Waals surface area contributed by atoms with Gasteiger partial charge in [0, 0.05) is 12.1 Å². The molecule has 0 spiro atoms. The lowest BCUT2D eigenvalue weighted by Crippen LogP contribution is -2.45. The summed E-state index contributed by atoms with van der Waals surface area (Å²) in [5, 5.41) is 3.89. The molecular formula is C20H26N2O3. The zero-order chi connectivity index (χ0) is 17.6. The lowest BCUT2D eigenvalue weighted by Gasteiger charge is -2.36. The largest absolute Gasteiger partial charge is 0.471 e. The summed E-state index contributed by atoms with van der Waals surface area (Å²) in [4.78, 5) is 14.9. The standard InChI is InChI=1S/C20H26N2O3/c1-15(2)22(17-11-7-4-8-12-17)20(23)18-13-19(21-25-18)24-14-16-9-5-3-6-10-16/h3,5-6,9-10,13,15,17H,4,7-8,11-12,14H2,1-2H3. The number of hydrogen-bond acceptors (Lipinski definition) is 4. The van der Waals surface area contributed by atoms with Crippen LogP contribution in [-0.2, 0) is 6.61 Å². The van der Waals surface area contributed by atoms with E-state index >= 15 is 0 Å². The van der Waals surface area contributed by atoms with Crippen LogP contribution in [0, 0.1) is 0 Å². The average molecular weight is 342 g/mol. The van der Waals surface area contributed by atoms with Gasteiger partial charge in [-0.25, -0.2) is 0 Å². The first-order chi connectivity index (χ1) is 12.1. The van der Waals surface area contributed by atoms with Crippen LogP contribution >= 0.6 is 0 Å². The predicted octanol–water partition coefficient (Wildman–Crippen LogP) is 4.44. The first-order valence-corrected chi connectivity index (χ1v) is 9.11. The van der Waals surface area contributed by atoms with E-state index in [9.17, 15) is 4.79 Å². The molecule has 0 saturated heterocycles. The highest BCUT2D eigenvalue weighted by Gasteiger charge is 2.30. The predicted molar refractivity (Wildman–Crippen MR) is 95.5 cm³/mol. The van der Waals surface area contributed by atoms with Crippen molar-refractivity contribution in [2.24, 2.45) is 0 Å². The normalized spacial score (nSPS) is 15.3. The molecule has 25 heavy (non-hydrogen) atoms. The van der Waals surface area contributed by atoms with E-state index in [4.69, 9.17) is 9.26 Å². The van der Waals surface area contributed by atoms with Gasteiger partial charge in [-0.2, -0.15) is 0 Å². The lowest BCUT2D eigenvalue weighted by atomic mass is 9.93. The third-order valence-corrected chi connectivity index (χ3v) is 4.69. The van der Waals surface area contributed by atoms with Crippen LogP contribution in [0.25, 0.3) is 0 Å². The molecule has 0 unspecified atom stereocenters. The summed E-state index contributed by atoms with van der Waals surface area (Å²) in [7, 11) is 0. The lowest BCUT2D eigenvalue weighted by molar-refractivity contribution is 0.0513. The molecule has 1 aliphatic carbocycles. The van der Waals surface area contributed by atoms with Crippen LogP contribution in [0.2, 0.25) is 0 Å². The molecule has 2 aromatic rings. The van der Waals surface area contributed by atoms with Crippen LogP contribution in [0.5, 0.6) is 5.88 Å². The van der Waals surface area contributed by atoms with Gasteiger partial charge in [0.15, 0.2) is 0 Å². The van der Waals surface area contributed by atoms with Crippen molar-refractivity contribution in [3.63, 3.8) is 0 Å². The Morgan fingerprint density at radius 1 is 1.24 bits per heavy atom. The van der Waals surface area contributed by atoms with Crippen molar-refractivity contribution >= 4 is 5.91 Å². The fourth-order valence-electron chi connectivity index (χ4n) is 3.47. The van der Waals surface area contributed by atoms with E-state index in [1.165, 1.54) is 19.3 Å². The van der Waals surface area contributed by atoms with E-state index in [2.05, 4.69) is 19.0 Å². The molecule has 1 aromatic heterocycles. The van der Waals surface area contributed by atoms with Gasteiger partial charge in [-0.15, -0.1) is 0 Å². The Labute approximate surface area is 148 Å². The highest BCUT2D eigenvalue weighted by molar-refractivity contribution is 5.92. The van der Waals surface area contributed by atoms with E-state index in [0.717, 1.165) is 18.4 Å². The topological polar surface area (TPSA) is 55.6 Å². The molecule has 1 saturated carbocycles. The van der Waals surface area contributed by atoms with E-state index in [1.54, 1.807) is 6.07 Å². The monoisotopic (exact) mass is 342 g/mol. The highest BCUT2D eigenvalue weighted by Crippen LogP contribution is 2.26. The van der Waals surface area contributed by atoms with E-state index < -0.39 is 0 Å². The molecule has 0 N–H and O–H groups in total. The number of aromatic nitrogens is 1. The first-order valence-electron chi connectivity index (χ1n) is 9.11. The van der Waals surface area contributed by atoms with Crippen molar-refractivity contribution in [1.29, 1.82) is 0 Å². The highest BCUT2D eigenvalue weighted by atomic mass is 16.5. The summed E-state index contributed by atoms with van der Waals surface area (Å²) in [5.74, 6) is 0.505. The Balaban J connectivity index is 1.66. The summed E-state index contributed by atoms with van der Waals surface area (Å²) in [6, 6.07) is 11.9. The number of ether oxygens (including phenoxy) is 1. The number of carbonyl (C=O) groups excluding carboxylic acids is 1. The van der Waals surface area contributed by atoms with Gasteiger partial charge in [-0.3, -0.25) is 4.79 Å². The van der Waals surface area contributed by atoms with Crippen LogP contribution in [0.15, 0.2) is 40.9 Å². The Hall–Kier alpha value is -2.30. The number of hydrogen-bond donors (Lipinski definition) is 0. The third-order valence-electron chi connectivity index (χ3n) is 4.69. The zero-order valence-corrected chi connectivity index (χ0v) is 15.0. The maximum absolute atomic E-state index is 12.9. The summed E-state index contributed by atoms with van der Waals surface area (Å²) in [6.07, 6.45) is 5.76. The van der Waals surface area contributed by atoms with Crippen molar-refractivity contribution in [2.75, 3.05) is 0 Å². The van der Waals surface area contributed by atoms with Crippen LogP contribution < -0.4 is 4.74 Å². The fourth-order valence-corrected chi connectivity index (χ4v) is 3.47. The maximum Gasteiger partial charge on any atom is 0.293 e. The Bertz CT molecular complexity index is 675. The molecule has 1 fully saturated rings. The number of amides is 1. The minimum Gasteiger partial charge on any atom is -0.471 e. The second kappa shape index (κ2) is 8.19. The number of carbonyl (C=O) groups is 1. The number of rotatable bonds is 6. The fraction of sp³-hybridized carbons (Fsp3) is 0.500. The number of nitrogens with zero attached hydrogens (tertiary/aromatic N) is 2. The molecule has 1 heterocycles. The SMILES string of the molecule is CC(C)N(C(=O)c1cc(OCc2ccccc2)no1)C1CCCCC1. The van der Waals surface area contributed by atoms with E-state index in [0.29, 0.717) is 18.5 Å². The summed E-state index contributed by atoms with van der Waals surface area (Å²) >= 11 is 0. The van der Waals surface area contributed by atoms with E-state index in [1.807, 2.05) is 35.2 Å². The van der Waals surface area contributed by atoms with Gasteiger partial charge in [0.2, 0.25) is 5.76 Å². The quantitative estimate of drug-likeness (QED) is 0.779. The third kappa shape index (κ3) is 4.41. The molecule has 5 nitrogen and oxygen atoms in total. The molecule has 0 bridgehead atoms. The van der Waals surface area contributed by atoms with Gasteiger partial charge in [-0.05, 0) is 37.4 Å². The van der Waals surface area contributed by atoms with Crippen molar-refractivity contribution < 1.29 is 14.1 Å². The molecule has 5 heteroatoms. The molecular weight excluding hydrogens is 316 g/mol. The molecule has 134 valence electrons. The van der Waals surface area contributed by atoms with Crippen LogP contribution in [-0.4, -0.2) is 28.0 Å². The second-order valence-corrected chi connectivity index (χ2v) is 6.90. The van der Waals surface area contributed by atoms with Gasteiger partial charge in [0.05, 0.1) is 6.07 Å². The summed E-state index contributed by atoms with van der Waals surface area (Å²) < 4.78 is 10.9. The van der Waals surface area contributed by atoms with Crippen molar-refractivity contribution in [3.05, 3.63) is 47.7 Å². The molecule has 3 rings (SSSR count). The number of benzene rings is 1. The molecule has 0 aliphatic heterocycles. The maximum atomic E-state index is 12.9. The van der Waals surface area contributed by atoms with Gasteiger partial charge < -0.3 is 14.2 Å². The van der Waals surface area contributed by atoms with Crippen molar-refractivity contribution in [1.82, 2.24) is 10.1 Å². The second-order valence-electron chi connectivity index (χ2n) is 6.90. The van der Waals surface area contributed by atoms with Crippen LogP contribution in [0.3, 0.4) is 0 Å². The minimum absolute atomic E-state index is 0.0936. The Morgan fingerprint density at radius 3 is 2.64 bits per heavy atom. The smallest absolute Gasteiger partial charge is 0.293 e. The Kier molecular flexibility index (Phi) is 5.74. The summed E-state index contributed by atoms with van der Waals surface area (Å²) in [6.45, 7) is 4.50.